The maximum Gasteiger partial charge on any atom is 0.335 e. The molecule has 0 radical (unpaired) electrons. The van der Waals surface area contributed by atoms with Gasteiger partial charge in [0.15, 0.2) is 5.82 Å². The van der Waals surface area contributed by atoms with Gasteiger partial charge in [0, 0.05) is 5.56 Å². The highest BCUT2D eigenvalue weighted by Crippen LogP contribution is 2.16. The first-order valence-corrected chi connectivity index (χ1v) is 7.59. The Morgan fingerprint density at radius 2 is 1.76 bits per heavy atom. The number of aromatic carboxylic acids is 1. The van der Waals surface area contributed by atoms with E-state index in [2.05, 4.69) is 15.5 Å². The van der Waals surface area contributed by atoms with Gasteiger partial charge in [-0.15, -0.1) is 0 Å². The van der Waals surface area contributed by atoms with Gasteiger partial charge in [-0.3, -0.25) is 4.79 Å². The van der Waals surface area contributed by atoms with Gasteiger partial charge in [-0.25, -0.2) is 4.79 Å². The predicted octanol–water partition coefficient (Wildman–Crippen LogP) is 2.29. The summed E-state index contributed by atoms with van der Waals surface area (Å²) in [5.74, 6) is -0.659. The second kappa shape index (κ2) is 7.39. The zero-order chi connectivity index (χ0) is 17.6. The normalized spacial score (nSPS) is 10.4. The molecule has 0 aliphatic carbocycles. The van der Waals surface area contributed by atoms with E-state index in [1.807, 2.05) is 30.3 Å². The quantitative estimate of drug-likeness (QED) is 0.715. The summed E-state index contributed by atoms with van der Waals surface area (Å²) in [6, 6.07) is 15.7. The van der Waals surface area contributed by atoms with Crippen molar-refractivity contribution in [3.05, 3.63) is 71.5 Å². The van der Waals surface area contributed by atoms with E-state index in [0.717, 1.165) is 5.56 Å². The highest BCUT2D eigenvalue weighted by atomic mass is 16.5. The van der Waals surface area contributed by atoms with Gasteiger partial charge < -0.3 is 14.9 Å². The van der Waals surface area contributed by atoms with Crippen molar-refractivity contribution >= 4 is 11.9 Å². The zero-order valence-corrected chi connectivity index (χ0v) is 13.2. The van der Waals surface area contributed by atoms with Crippen LogP contribution in [0.4, 0.5) is 0 Å². The van der Waals surface area contributed by atoms with E-state index in [9.17, 15) is 9.59 Å². The molecule has 0 saturated carbocycles. The van der Waals surface area contributed by atoms with E-state index in [1.165, 1.54) is 6.07 Å². The minimum Gasteiger partial charge on any atom is -0.478 e. The summed E-state index contributed by atoms with van der Waals surface area (Å²) < 4.78 is 5.16. The molecular weight excluding hydrogens is 322 g/mol. The van der Waals surface area contributed by atoms with Crippen LogP contribution in [0.3, 0.4) is 0 Å². The lowest BCUT2D eigenvalue weighted by Gasteiger charge is -2.06. The fourth-order valence-corrected chi connectivity index (χ4v) is 2.32. The highest BCUT2D eigenvalue weighted by Gasteiger charge is 2.13. The Morgan fingerprint density at radius 1 is 1.04 bits per heavy atom. The van der Waals surface area contributed by atoms with E-state index in [0.29, 0.717) is 17.3 Å². The number of aromatic nitrogens is 2. The third-order valence-electron chi connectivity index (χ3n) is 3.53. The number of rotatable bonds is 6. The Morgan fingerprint density at radius 3 is 2.52 bits per heavy atom. The van der Waals surface area contributed by atoms with Gasteiger partial charge in [0.1, 0.15) is 0 Å². The molecule has 0 fully saturated rings. The molecule has 1 heterocycles. The smallest absolute Gasteiger partial charge is 0.335 e. The number of carbonyl (C=O) groups is 2. The Labute approximate surface area is 143 Å². The average Bonchev–Trinajstić information content (AvgIpc) is 3.10. The van der Waals surface area contributed by atoms with E-state index < -0.39 is 5.97 Å². The number of benzene rings is 2. The van der Waals surface area contributed by atoms with E-state index in [1.54, 1.807) is 18.2 Å². The highest BCUT2D eigenvalue weighted by molar-refractivity contribution is 5.91. The third-order valence-corrected chi connectivity index (χ3v) is 3.53. The molecule has 0 unspecified atom stereocenters. The van der Waals surface area contributed by atoms with Gasteiger partial charge in [-0.05, 0) is 23.8 Å². The van der Waals surface area contributed by atoms with Crippen LogP contribution in [0.25, 0.3) is 11.5 Å². The molecule has 126 valence electrons. The second-order valence-corrected chi connectivity index (χ2v) is 5.30. The Kier molecular flexibility index (Phi) is 4.84. The van der Waals surface area contributed by atoms with Crippen molar-refractivity contribution < 1.29 is 19.2 Å². The van der Waals surface area contributed by atoms with Gasteiger partial charge in [0.2, 0.25) is 5.91 Å². The summed E-state index contributed by atoms with van der Waals surface area (Å²) in [6.45, 7) is 0.102. The summed E-state index contributed by atoms with van der Waals surface area (Å²) in [6.07, 6.45) is -0.0358. The second-order valence-electron chi connectivity index (χ2n) is 5.30. The first kappa shape index (κ1) is 16.4. The van der Waals surface area contributed by atoms with Crippen molar-refractivity contribution in [3.8, 4) is 11.5 Å². The zero-order valence-electron chi connectivity index (χ0n) is 13.2. The summed E-state index contributed by atoms with van der Waals surface area (Å²) in [5, 5.41) is 15.6. The van der Waals surface area contributed by atoms with Crippen LogP contribution in [0.5, 0.6) is 0 Å². The molecule has 25 heavy (non-hydrogen) atoms. The number of carboxylic acids is 1. The molecule has 7 nitrogen and oxygen atoms in total. The molecule has 1 aromatic heterocycles. The maximum atomic E-state index is 12.0. The van der Waals surface area contributed by atoms with Gasteiger partial charge in [-0.1, -0.05) is 41.6 Å². The standard InChI is InChI=1S/C18H15N3O4/c22-16(10-13-8-4-5-9-14(13)18(23)24)19-11-15-20-17(25-21-15)12-6-2-1-3-7-12/h1-9H,10-11H2,(H,19,22)(H,23,24). The topological polar surface area (TPSA) is 105 Å². The molecular formula is C18H15N3O4. The van der Waals surface area contributed by atoms with Crippen molar-refractivity contribution in [3.63, 3.8) is 0 Å². The molecule has 2 N–H and O–H groups in total. The lowest BCUT2D eigenvalue weighted by Crippen LogP contribution is -2.25. The molecule has 1 amide bonds. The first-order valence-electron chi connectivity index (χ1n) is 7.59. The minimum absolute atomic E-state index is 0.0358. The number of amides is 1. The van der Waals surface area contributed by atoms with Crippen molar-refractivity contribution in [2.75, 3.05) is 0 Å². The number of nitrogens with zero attached hydrogens (tertiary/aromatic N) is 2. The molecule has 7 heteroatoms. The van der Waals surface area contributed by atoms with E-state index >= 15 is 0 Å². The van der Waals surface area contributed by atoms with E-state index in [-0.39, 0.29) is 24.4 Å². The van der Waals surface area contributed by atoms with Gasteiger partial charge in [0.25, 0.3) is 5.89 Å². The van der Waals surface area contributed by atoms with Crippen LogP contribution < -0.4 is 5.32 Å². The summed E-state index contributed by atoms with van der Waals surface area (Å²) in [4.78, 5) is 27.4. The molecule has 3 rings (SSSR count). The van der Waals surface area contributed by atoms with Crippen LogP contribution >= 0.6 is 0 Å². The van der Waals surface area contributed by atoms with Crippen molar-refractivity contribution in [2.24, 2.45) is 0 Å². The van der Waals surface area contributed by atoms with Crippen molar-refractivity contribution in [2.45, 2.75) is 13.0 Å². The number of hydrogen-bond acceptors (Lipinski definition) is 5. The molecule has 2 aromatic carbocycles. The van der Waals surface area contributed by atoms with E-state index in [4.69, 9.17) is 9.63 Å². The number of hydrogen-bond donors (Lipinski definition) is 2. The Hall–Kier alpha value is -3.48. The fourth-order valence-electron chi connectivity index (χ4n) is 2.32. The summed E-state index contributed by atoms with van der Waals surface area (Å²) >= 11 is 0. The molecule has 0 spiro atoms. The predicted molar refractivity (Wildman–Crippen MR) is 88.7 cm³/mol. The largest absolute Gasteiger partial charge is 0.478 e. The number of carbonyl (C=O) groups excluding carboxylic acids is 1. The average molecular weight is 337 g/mol. The summed E-state index contributed by atoms with van der Waals surface area (Å²) in [5.41, 5.74) is 1.36. The lowest BCUT2D eigenvalue weighted by atomic mass is 10.0. The first-order chi connectivity index (χ1) is 12.1. The van der Waals surface area contributed by atoms with Gasteiger partial charge >= 0.3 is 5.97 Å². The number of carboxylic acid groups (broad SMARTS) is 1. The van der Waals surface area contributed by atoms with Crippen molar-refractivity contribution in [1.29, 1.82) is 0 Å². The van der Waals surface area contributed by atoms with Crippen LogP contribution in [-0.4, -0.2) is 27.1 Å². The SMILES string of the molecule is O=C(Cc1ccccc1C(=O)O)NCc1noc(-c2ccccc2)n1. The van der Waals surface area contributed by atoms with Crippen LogP contribution in [0, 0.1) is 0 Å². The molecule has 0 atom stereocenters. The third kappa shape index (κ3) is 4.08. The molecule has 0 saturated heterocycles. The summed E-state index contributed by atoms with van der Waals surface area (Å²) in [7, 11) is 0. The Balaban J connectivity index is 1.60. The van der Waals surface area contributed by atoms with Crippen LogP contribution in [0.15, 0.2) is 59.1 Å². The van der Waals surface area contributed by atoms with Crippen molar-refractivity contribution in [1.82, 2.24) is 15.5 Å². The maximum absolute atomic E-state index is 12.0. The molecule has 0 bridgehead atoms. The molecule has 0 aliphatic rings. The molecule has 3 aromatic rings. The van der Waals surface area contributed by atoms with Crippen LogP contribution in [0.1, 0.15) is 21.7 Å². The monoisotopic (exact) mass is 337 g/mol. The Bertz CT molecular complexity index is 890. The van der Waals surface area contributed by atoms with Gasteiger partial charge in [0.05, 0.1) is 18.5 Å². The van der Waals surface area contributed by atoms with Crippen LogP contribution in [-0.2, 0) is 17.8 Å². The fraction of sp³-hybridized carbons (Fsp3) is 0.111. The van der Waals surface area contributed by atoms with Gasteiger partial charge in [-0.2, -0.15) is 4.98 Å². The molecule has 0 aliphatic heterocycles. The minimum atomic E-state index is -1.06. The number of nitrogens with one attached hydrogen (secondary N) is 1. The lowest BCUT2D eigenvalue weighted by molar-refractivity contribution is -0.120. The van der Waals surface area contributed by atoms with Crippen LogP contribution in [0.2, 0.25) is 0 Å².